The minimum atomic E-state index is -0.707. The number of rotatable bonds is 12. The zero-order valence-electron chi connectivity index (χ0n) is 22.1. The van der Waals surface area contributed by atoms with Crippen LogP contribution in [0.2, 0.25) is 0 Å². The van der Waals surface area contributed by atoms with E-state index in [-0.39, 0.29) is 24.6 Å². The van der Waals surface area contributed by atoms with Crippen molar-refractivity contribution in [3.63, 3.8) is 0 Å². The summed E-state index contributed by atoms with van der Waals surface area (Å²) in [4.78, 5) is 11.7. The molecule has 0 unspecified atom stereocenters. The fourth-order valence-corrected chi connectivity index (χ4v) is 4.95. The van der Waals surface area contributed by atoms with Crippen LogP contribution in [0.4, 0.5) is 4.39 Å². The summed E-state index contributed by atoms with van der Waals surface area (Å²) >= 11 is 0. The number of aliphatic hydroxyl groups is 1. The van der Waals surface area contributed by atoms with E-state index >= 15 is 0 Å². The van der Waals surface area contributed by atoms with Gasteiger partial charge in [-0.3, -0.25) is 0 Å². The van der Waals surface area contributed by atoms with Gasteiger partial charge in [-0.25, -0.2) is 9.18 Å². The normalized spacial score (nSPS) is 15.8. The Labute approximate surface area is 214 Å². The van der Waals surface area contributed by atoms with Gasteiger partial charge in [-0.2, -0.15) is 0 Å². The quantitative estimate of drug-likeness (QED) is 0.307. The predicted molar refractivity (Wildman–Crippen MR) is 141 cm³/mol. The third-order valence-electron chi connectivity index (χ3n) is 6.78. The minimum Gasteiger partial charge on any atom is -0.463 e. The molecule has 6 heteroatoms. The summed E-state index contributed by atoms with van der Waals surface area (Å²) in [6.45, 7) is 10.4. The molecule has 0 spiro atoms. The van der Waals surface area contributed by atoms with Crippen molar-refractivity contribution in [2.75, 3.05) is 19.8 Å². The predicted octanol–water partition coefficient (Wildman–Crippen LogP) is 5.32. The van der Waals surface area contributed by atoms with E-state index in [0.717, 1.165) is 19.3 Å². The number of aliphatic hydroxyl groups excluding tert-OH is 1. The zero-order chi connectivity index (χ0) is 26.3. The number of hydrogen-bond acceptors (Lipinski definition) is 5. The molecule has 3 rings (SSSR count). The van der Waals surface area contributed by atoms with Crippen molar-refractivity contribution in [2.24, 2.45) is 5.92 Å². The third kappa shape index (κ3) is 7.99. The number of benzene rings is 2. The minimum absolute atomic E-state index is 0.107. The van der Waals surface area contributed by atoms with Crippen LogP contribution in [0.15, 0.2) is 42.5 Å². The van der Waals surface area contributed by atoms with E-state index < -0.39 is 18.2 Å². The maximum atomic E-state index is 14.3. The lowest BCUT2D eigenvalue weighted by molar-refractivity contribution is -0.137. The van der Waals surface area contributed by atoms with Gasteiger partial charge in [0.1, 0.15) is 5.82 Å². The number of carbonyl (C=O) groups excluding carboxylic acids is 1. The van der Waals surface area contributed by atoms with Crippen LogP contribution in [0.5, 0.6) is 0 Å². The van der Waals surface area contributed by atoms with Gasteiger partial charge in [0.2, 0.25) is 0 Å². The van der Waals surface area contributed by atoms with Crippen molar-refractivity contribution < 1.29 is 23.8 Å². The summed E-state index contributed by atoms with van der Waals surface area (Å²) in [5.41, 5.74) is 4.55. The number of halogens is 1. The average Bonchev–Trinajstić information content (AvgIpc) is 3.23. The van der Waals surface area contributed by atoms with Crippen molar-refractivity contribution in [3.8, 4) is 0 Å². The summed E-state index contributed by atoms with van der Waals surface area (Å²) in [6.07, 6.45) is 4.99. The smallest absolute Gasteiger partial charge is 0.330 e. The molecule has 1 aliphatic carbocycles. The second kappa shape index (κ2) is 12.6. The Bertz CT molecular complexity index is 1040. The van der Waals surface area contributed by atoms with Crippen LogP contribution in [-0.2, 0) is 27.1 Å². The largest absolute Gasteiger partial charge is 0.463 e. The van der Waals surface area contributed by atoms with Crippen molar-refractivity contribution in [3.05, 3.63) is 76.1 Å². The van der Waals surface area contributed by atoms with Gasteiger partial charge in [0.05, 0.1) is 25.4 Å². The van der Waals surface area contributed by atoms with Crippen LogP contribution < -0.4 is 5.32 Å². The molecule has 5 nitrogen and oxygen atoms in total. The van der Waals surface area contributed by atoms with Gasteiger partial charge >= 0.3 is 5.97 Å². The molecule has 196 valence electrons. The first-order valence-electron chi connectivity index (χ1n) is 12.8. The fraction of sp³-hybridized carbons (Fsp3) is 0.500. The van der Waals surface area contributed by atoms with Crippen LogP contribution in [0.25, 0.3) is 6.08 Å². The van der Waals surface area contributed by atoms with Gasteiger partial charge in [-0.1, -0.05) is 24.3 Å². The van der Waals surface area contributed by atoms with Crippen molar-refractivity contribution in [1.82, 2.24) is 5.32 Å². The van der Waals surface area contributed by atoms with Crippen LogP contribution in [0, 0.1) is 18.7 Å². The number of β-amino-alcohol motifs (C(OH)–C–C–N with tert-alkyl or cyclic N) is 1. The molecule has 1 aliphatic rings. The van der Waals surface area contributed by atoms with E-state index in [1.165, 1.54) is 23.3 Å². The van der Waals surface area contributed by atoms with E-state index in [9.17, 15) is 14.3 Å². The maximum Gasteiger partial charge on any atom is 0.330 e. The summed E-state index contributed by atoms with van der Waals surface area (Å²) in [5, 5.41) is 14.1. The first-order chi connectivity index (χ1) is 17.1. The molecule has 0 saturated heterocycles. The van der Waals surface area contributed by atoms with Gasteiger partial charge in [-0.05, 0) is 106 Å². The molecular weight excluding hydrogens is 457 g/mol. The number of fused-ring (bicyclic) bond motifs is 1. The summed E-state index contributed by atoms with van der Waals surface area (Å²) in [7, 11) is 0. The molecule has 0 fully saturated rings. The Morgan fingerprint density at radius 2 is 1.92 bits per heavy atom. The highest BCUT2D eigenvalue weighted by atomic mass is 19.1. The van der Waals surface area contributed by atoms with E-state index in [1.54, 1.807) is 26.0 Å². The number of esters is 1. The standard InChI is InChI=1S/C30H40FNO4/c1-6-35-29(34)12-11-25-13-20(2)28(31)16-27(25)21(3)36-19-26(33)18-32-30(4,5)17-22-14-23-9-7-8-10-24(23)15-22/h7-13,16,21-22,26,32-33H,6,14-15,17-19H2,1-5H3/b12-11+/t21-,26-/m1/s1. The number of nitrogens with one attached hydrogen (secondary N) is 1. The lowest BCUT2D eigenvalue weighted by Crippen LogP contribution is -2.45. The molecule has 2 N–H and O–H groups in total. The molecule has 2 aromatic rings. The molecule has 0 amide bonds. The van der Waals surface area contributed by atoms with E-state index in [4.69, 9.17) is 9.47 Å². The second-order valence-electron chi connectivity index (χ2n) is 10.5. The molecule has 0 saturated carbocycles. The van der Waals surface area contributed by atoms with Crippen molar-refractivity contribution in [2.45, 2.75) is 71.6 Å². The maximum absolute atomic E-state index is 14.3. The van der Waals surface area contributed by atoms with E-state index in [0.29, 0.717) is 29.2 Å². The van der Waals surface area contributed by atoms with Crippen LogP contribution in [0.3, 0.4) is 0 Å². The Hall–Kier alpha value is -2.54. The SMILES string of the molecule is CCOC(=O)/C=C/c1cc(C)c(F)cc1[C@@H](C)OC[C@H](O)CNC(C)(C)CC1Cc2ccccc2C1. The number of hydrogen-bond donors (Lipinski definition) is 2. The van der Waals surface area contributed by atoms with Crippen molar-refractivity contribution in [1.29, 1.82) is 0 Å². The lowest BCUT2D eigenvalue weighted by atomic mass is 9.88. The molecule has 0 heterocycles. The van der Waals surface area contributed by atoms with Crippen molar-refractivity contribution >= 4 is 12.0 Å². The highest BCUT2D eigenvalue weighted by Crippen LogP contribution is 2.32. The monoisotopic (exact) mass is 497 g/mol. The Kier molecular flexibility index (Phi) is 9.83. The van der Waals surface area contributed by atoms with Crippen LogP contribution >= 0.6 is 0 Å². The number of aryl methyl sites for hydroxylation is 1. The van der Waals surface area contributed by atoms with Gasteiger partial charge in [-0.15, -0.1) is 0 Å². The van der Waals surface area contributed by atoms with Gasteiger partial charge in [0.15, 0.2) is 0 Å². The third-order valence-corrected chi connectivity index (χ3v) is 6.78. The zero-order valence-corrected chi connectivity index (χ0v) is 22.1. The Morgan fingerprint density at radius 1 is 1.25 bits per heavy atom. The average molecular weight is 498 g/mol. The number of carbonyl (C=O) groups is 1. The van der Waals surface area contributed by atoms with Gasteiger partial charge in [0.25, 0.3) is 0 Å². The second-order valence-corrected chi connectivity index (χ2v) is 10.5. The first kappa shape index (κ1) is 28.0. The molecule has 0 bridgehead atoms. The van der Waals surface area contributed by atoms with Gasteiger partial charge in [0, 0.05) is 18.2 Å². The highest BCUT2D eigenvalue weighted by molar-refractivity contribution is 5.87. The molecule has 0 aliphatic heterocycles. The Balaban J connectivity index is 1.51. The topological polar surface area (TPSA) is 67.8 Å². The fourth-order valence-electron chi connectivity index (χ4n) is 4.95. The molecule has 2 aromatic carbocycles. The molecule has 0 aromatic heterocycles. The Morgan fingerprint density at radius 3 is 2.56 bits per heavy atom. The van der Waals surface area contributed by atoms with E-state index in [1.807, 2.05) is 6.92 Å². The molecule has 36 heavy (non-hydrogen) atoms. The summed E-state index contributed by atoms with van der Waals surface area (Å²) < 4.78 is 25.2. The first-order valence-corrected chi connectivity index (χ1v) is 12.8. The lowest BCUT2D eigenvalue weighted by Gasteiger charge is -2.31. The van der Waals surface area contributed by atoms with E-state index in [2.05, 4.69) is 43.4 Å². The number of ether oxygens (including phenoxy) is 2. The molecule has 0 radical (unpaired) electrons. The highest BCUT2D eigenvalue weighted by Gasteiger charge is 2.28. The summed E-state index contributed by atoms with van der Waals surface area (Å²) in [5.74, 6) is -0.202. The van der Waals surface area contributed by atoms with Gasteiger partial charge < -0.3 is 19.9 Å². The summed E-state index contributed by atoms with van der Waals surface area (Å²) in [6, 6.07) is 11.8. The molecular formula is C30H40FNO4. The van der Waals surface area contributed by atoms with Crippen LogP contribution in [0.1, 0.15) is 68.0 Å². The molecule has 2 atom stereocenters. The van der Waals surface area contributed by atoms with Crippen LogP contribution in [-0.4, -0.2) is 42.5 Å².